The van der Waals surface area contributed by atoms with Crippen molar-refractivity contribution < 1.29 is 24.2 Å². The Morgan fingerprint density at radius 2 is 2.16 bits per heavy atom. The molecule has 1 fully saturated rings. The summed E-state index contributed by atoms with van der Waals surface area (Å²) in [7, 11) is 1.55. The number of carbonyl (C=O) groups is 2. The molecular formula is C19H25NO5. The Labute approximate surface area is 148 Å². The number of hydrogen-bond donors (Lipinski definition) is 1. The monoisotopic (exact) mass is 347 g/mol. The highest BCUT2D eigenvalue weighted by Gasteiger charge is 2.39. The molecule has 1 aliphatic heterocycles. The Kier molecular flexibility index (Phi) is 6.07. The SMILES string of the molecule is C=CCc1ccc(OCC(=O)N2CCCC(C)(C(=O)O)C2)c(OC)c1. The van der Waals surface area contributed by atoms with Crippen LogP contribution in [0.5, 0.6) is 11.5 Å². The molecule has 1 saturated heterocycles. The Hall–Kier alpha value is -2.50. The van der Waals surface area contributed by atoms with Crippen LogP contribution in [-0.4, -0.2) is 48.7 Å². The van der Waals surface area contributed by atoms with Crippen molar-refractivity contribution in [3.8, 4) is 11.5 Å². The van der Waals surface area contributed by atoms with Gasteiger partial charge in [-0.15, -0.1) is 6.58 Å². The van der Waals surface area contributed by atoms with E-state index in [1.54, 1.807) is 31.1 Å². The summed E-state index contributed by atoms with van der Waals surface area (Å²) >= 11 is 0. The number of nitrogens with zero attached hydrogens (tertiary/aromatic N) is 1. The Morgan fingerprint density at radius 1 is 1.40 bits per heavy atom. The van der Waals surface area contributed by atoms with Crippen LogP contribution in [-0.2, 0) is 16.0 Å². The third kappa shape index (κ3) is 4.53. The van der Waals surface area contributed by atoms with Crippen molar-refractivity contribution >= 4 is 11.9 Å². The molecule has 1 heterocycles. The molecular weight excluding hydrogens is 322 g/mol. The van der Waals surface area contributed by atoms with Crippen molar-refractivity contribution in [2.45, 2.75) is 26.2 Å². The highest BCUT2D eigenvalue weighted by atomic mass is 16.5. The molecule has 0 aliphatic carbocycles. The molecule has 6 nitrogen and oxygen atoms in total. The topological polar surface area (TPSA) is 76.1 Å². The van der Waals surface area contributed by atoms with E-state index in [1.807, 2.05) is 12.1 Å². The molecule has 1 aliphatic rings. The van der Waals surface area contributed by atoms with Crippen LogP contribution in [0.2, 0.25) is 0 Å². The zero-order valence-electron chi connectivity index (χ0n) is 14.8. The Morgan fingerprint density at radius 3 is 2.80 bits per heavy atom. The van der Waals surface area contributed by atoms with Crippen molar-refractivity contribution in [3.05, 3.63) is 36.4 Å². The van der Waals surface area contributed by atoms with Gasteiger partial charge in [-0.1, -0.05) is 12.1 Å². The first-order valence-corrected chi connectivity index (χ1v) is 8.31. The third-order valence-electron chi connectivity index (χ3n) is 4.52. The fraction of sp³-hybridized carbons (Fsp3) is 0.474. The van der Waals surface area contributed by atoms with Gasteiger partial charge < -0.3 is 19.5 Å². The van der Waals surface area contributed by atoms with Gasteiger partial charge in [0.15, 0.2) is 18.1 Å². The van der Waals surface area contributed by atoms with E-state index >= 15 is 0 Å². The minimum absolute atomic E-state index is 0.146. The first-order chi connectivity index (χ1) is 11.9. The molecule has 0 bridgehead atoms. The van der Waals surface area contributed by atoms with Gasteiger partial charge in [-0.2, -0.15) is 0 Å². The van der Waals surface area contributed by atoms with Crippen molar-refractivity contribution in [2.75, 3.05) is 26.8 Å². The lowest BCUT2D eigenvalue weighted by Crippen LogP contribution is -2.49. The maximum Gasteiger partial charge on any atom is 0.311 e. The lowest BCUT2D eigenvalue weighted by atomic mass is 9.82. The maximum atomic E-state index is 12.4. The average molecular weight is 347 g/mol. The number of rotatable bonds is 7. The van der Waals surface area contributed by atoms with Gasteiger partial charge in [0.2, 0.25) is 0 Å². The predicted octanol–water partition coefficient (Wildman–Crippen LogP) is 2.52. The van der Waals surface area contributed by atoms with Crippen molar-refractivity contribution in [2.24, 2.45) is 5.41 Å². The number of amides is 1. The largest absolute Gasteiger partial charge is 0.493 e. The number of benzene rings is 1. The van der Waals surface area contributed by atoms with Gasteiger partial charge >= 0.3 is 5.97 Å². The number of allylic oxidation sites excluding steroid dienone is 1. The molecule has 25 heavy (non-hydrogen) atoms. The molecule has 1 amide bonds. The summed E-state index contributed by atoms with van der Waals surface area (Å²) in [6.45, 7) is 6.00. The van der Waals surface area contributed by atoms with Crippen molar-refractivity contribution in [1.82, 2.24) is 4.90 Å². The number of aliphatic carboxylic acids is 1. The second-order valence-electron chi connectivity index (χ2n) is 6.55. The molecule has 0 spiro atoms. The average Bonchev–Trinajstić information content (AvgIpc) is 2.60. The van der Waals surface area contributed by atoms with Crippen molar-refractivity contribution in [3.63, 3.8) is 0 Å². The molecule has 0 radical (unpaired) electrons. The zero-order valence-corrected chi connectivity index (χ0v) is 14.8. The number of carboxylic acids is 1. The molecule has 1 aromatic rings. The fourth-order valence-corrected chi connectivity index (χ4v) is 2.98. The second kappa shape index (κ2) is 8.05. The summed E-state index contributed by atoms with van der Waals surface area (Å²) in [5.41, 5.74) is 0.150. The van der Waals surface area contributed by atoms with E-state index < -0.39 is 11.4 Å². The quantitative estimate of drug-likeness (QED) is 0.767. The van der Waals surface area contributed by atoms with E-state index in [2.05, 4.69) is 6.58 Å². The highest BCUT2D eigenvalue weighted by molar-refractivity contribution is 5.80. The van der Waals surface area contributed by atoms with Crippen LogP contribution in [0.4, 0.5) is 0 Å². The molecule has 1 atom stereocenters. The van der Waals surface area contributed by atoms with E-state index in [-0.39, 0.29) is 19.1 Å². The fourth-order valence-electron chi connectivity index (χ4n) is 2.98. The van der Waals surface area contributed by atoms with Gasteiger partial charge in [-0.25, -0.2) is 0 Å². The summed E-state index contributed by atoms with van der Waals surface area (Å²) in [5.74, 6) is -0.0439. The number of carbonyl (C=O) groups excluding carboxylic acids is 1. The minimum atomic E-state index is -0.891. The van der Waals surface area contributed by atoms with Crippen LogP contribution in [0, 0.1) is 5.41 Å². The molecule has 6 heteroatoms. The second-order valence-corrected chi connectivity index (χ2v) is 6.55. The lowest BCUT2D eigenvalue weighted by Gasteiger charge is -2.37. The summed E-state index contributed by atoms with van der Waals surface area (Å²) in [4.78, 5) is 25.4. The third-order valence-corrected chi connectivity index (χ3v) is 4.52. The molecule has 1 aromatic carbocycles. The Bertz CT molecular complexity index is 657. The van der Waals surface area contributed by atoms with Gasteiger partial charge in [0.25, 0.3) is 5.91 Å². The number of hydrogen-bond acceptors (Lipinski definition) is 4. The van der Waals surface area contributed by atoms with Gasteiger partial charge in [-0.05, 0) is 43.9 Å². The Balaban J connectivity index is 2.00. The number of carboxylic acid groups (broad SMARTS) is 1. The molecule has 1 unspecified atom stereocenters. The molecule has 0 aromatic heterocycles. The lowest BCUT2D eigenvalue weighted by molar-refractivity contribution is -0.153. The number of piperidine rings is 1. The van der Waals surface area contributed by atoms with E-state index in [1.165, 1.54) is 0 Å². The standard InChI is InChI=1S/C19H25NO5/c1-4-6-14-7-8-15(16(11-14)24-3)25-12-17(21)20-10-5-9-19(2,13-20)18(22)23/h4,7-8,11H,1,5-6,9-10,12-13H2,2-3H3,(H,22,23). The van der Waals surface area contributed by atoms with Gasteiger partial charge in [0, 0.05) is 13.1 Å². The number of methoxy groups -OCH3 is 1. The molecule has 136 valence electrons. The van der Waals surface area contributed by atoms with Crippen LogP contribution in [0.1, 0.15) is 25.3 Å². The summed E-state index contributed by atoms with van der Waals surface area (Å²) in [6, 6.07) is 5.51. The summed E-state index contributed by atoms with van der Waals surface area (Å²) < 4.78 is 10.9. The smallest absolute Gasteiger partial charge is 0.311 e. The normalized spacial score (nSPS) is 20.0. The molecule has 1 N–H and O–H groups in total. The van der Waals surface area contributed by atoms with Crippen LogP contribution in [0.15, 0.2) is 30.9 Å². The van der Waals surface area contributed by atoms with E-state index in [4.69, 9.17) is 9.47 Å². The minimum Gasteiger partial charge on any atom is -0.493 e. The van der Waals surface area contributed by atoms with Crippen LogP contribution in [0.3, 0.4) is 0 Å². The van der Waals surface area contributed by atoms with Gasteiger partial charge in [0.05, 0.1) is 12.5 Å². The maximum absolute atomic E-state index is 12.4. The van der Waals surface area contributed by atoms with Gasteiger partial charge in [-0.3, -0.25) is 9.59 Å². The van der Waals surface area contributed by atoms with Gasteiger partial charge in [0.1, 0.15) is 0 Å². The van der Waals surface area contributed by atoms with E-state index in [9.17, 15) is 14.7 Å². The van der Waals surface area contributed by atoms with E-state index in [0.29, 0.717) is 30.9 Å². The van der Waals surface area contributed by atoms with Crippen LogP contribution >= 0.6 is 0 Å². The zero-order chi connectivity index (χ0) is 18.4. The van der Waals surface area contributed by atoms with Crippen molar-refractivity contribution in [1.29, 1.82) is 0 Å². The molecule has 0 saturated carbocycles. The van der Waals surface area contributed by atoms with Crippen LogP contribution in [0.25, 0.3) is 0 Å². The molecule has 2 rings (SSSR count). The first-order valence-electron chi connectivity index (χ1n) is 8.31. The highest BCUT2D eigenvalue weighted by Crippen LogP contribution is 2.31. The number of ether oxygens (including phenoxy) is 2. The predicted molar refractivity (Wildman–Crippen MR) is 93.9 cm³/mol. The summed E-state index contributed by atoms with van der Waals surface area (Å²) in [6.07, 6.45) is 3.77. The van der Waals surface area contributed by atoms with E-state index in [0.717, 1.165) is 12.0 Å². The number of likely N-dealkylation sites (tertiary alicyclic amines) is 1. The first kappa shape index (κ1) is 18.8. The van der Waals surface area contributed by atoms with Crippen LogP contribution < -0.4 is 9.47 Å². The summed E-state index contributed by atoms with van der Waals surface area (Å²) in [5, 5.41) is 9.35.